The van der Waals surface area contributed by atoms with Gasteiger partial charge in [0.25, 0.3) is 0 Å². The van der Waals surface area contributed by atoms with Crippen LogP contribution in [0.1, 0.15) is 53.9 Å². The predicted octanol–water partition coefficient (Wildman–Crippen LogP) is 2.08. The lowest BCUT2D eigenvalue weighted by atomic mass is 9.74. The van der Waals surface area contributed by atoms with Crippen LogP contribution in [0.4, 0.5) is 0 Å². The molecule has 1 fully saturated rings. The van der Waals surface area contributed by atoms with E-state index in [4.69, 9.17) is 5.73 Å². The second-order valence-electron chi connectivity index (χ2n) is 7.34. The third kappa shape index (κ3) is 3.73. The highest BCUT2D eigenvalue weighted by Gasteiger charge is 2.43. The zero-order valence-corrected chi connectivity index (χ0v) is 14.2. The van der Waals surface area contributed by atoms with Gasteiger partial charge in [0.1, 0.15) is 0 Å². The number of rotatable bonds is 5. The Morgan fingerprint density at radius 3 is 2.15 bits per heavy atom. The first kappa shape index (κ1) is 17.4. The van der Waals surface area contributed by atoms with Crippen LogP contribution in [0.25, 0.3) is 0 Å². The van der Waals surface area contributed by atoms with E-state index in [1.165, 1.54) is 13.0 Å². The van der Waals surface area contributed by atoms with Crippen molar-refractivity contribution in [2.45, 2.75) is 65.5 Å². The molecule has 0 aromatic carbocycles. The molecule has 0 spiro atoms. The lowest BCUT2D eigenvalue weighted by molar-refractivity contribution is -0.145. The SMILES string of the molecule is CCCN1CCC(N(C)C(=O)C(C)(C)C(C)(C)N)CC1. The van der Waals surface area contributed by atoms with E-state index in [0.29, 0.717) is 6.04 Å². The van der Waals surface area contributed by atoms with Crippen LogP contribution in [0, 0.1) is 5.41 Å². The number of hydrogen-bond donors (Lipinski definition) is 1. The summed E-state index contributed by atoms with van der Waals surface area (Å²) in [7, 11) is 1.94. The first-order valence-corrected chi connectivity index (χ1v) is 7.89. The minimum Gasteiger partial charge on any atom is -0.342 e. The number of nitrogens with two attached hydrogens (primary N) is 1. The molecule has 1 rings (SSSR count). The third-order valence-corrected chi connectivity index (χ3v) is 5.11. The van der Waals surface area contributed by atoms with Gasteiger partial charge in [-0.25, -0.2) is 0 Å². The molecule has 0 bridgehead atoms. The molecule has 0 atom stereocenters. The number of nitrogens with zero attached hydrogens (tertiary/aromatic N) is 2. The van der Waals surface area contributed by atoms with Crippen molar-refractivity contribution in [3.63, 3.8) is 0 Å². The van der Waals surface area contributed by atoms with E-state index in [1.807, 2.05) is 39.6 Å². The van der Waals surface area contributed by atoms with Gasteiger partial charge in [-0.2, -0.15) is 0 Å². The van der Waals surface area contributed by atoms with Gasteiger partial charge in [-0.3, -0.25) is 4.79 Å². The van der Waals surface area contributed by atoms with Crippen molar-refractivity contribution >= 4 is 5.91 Å². The maximum atomic E-state index is 12.8. The van der Waals surface area contributed by atoms with Gasteiger partial charge in [-0.15, -0.1) is 0 Å². The van der Waals surface area contributed by atoms with E-state index in [-0.39, 0.29) is 5.91 Å². The fraction of sp³-hybridized carbons (Fsp3) is 0.938. The van der Waals surface area contributed by atoms with Gasteiger partial charge in [-0.05, 0) is 53.5 Å². The van der Waals surface area contributed by atoms with Crippen molar-refractivity contribution in [3.05, 3.63) is 0 Å². The standard InChI is InChI=1S/C16H33N3O/c1-7-10-19-11-8-13(9-12-19)18(6)14(20)15(2,3)16(4,5)17/h13H,7-12,17H2,1-6H3. The first-order valence-electron chi connectivity index (χ1n) is 7.89. The monoisotopic (exact) mass is 283 g/mol. The Labute approximate surface area is 124 Å². The maximum absolute atomic E-state index is 12.8. The lowest BCUT2D eigenvalue weighted by Crippen LogP contribution is -2.58. The van der Waals surface area contributed by atoms with Gasteiger partial charge < -0.3 is 15.5 Å². The smallest absolute Gasteiger partial charge is 0.230 e. The van der Waals surface area contributed by atoms with Crippen LogP contribution < -0.4 is 5.73 Å². The molecule has 1 amide bonds. The second-order valence-corrected chi connectivity index (χ2v) is 7.34. The first-order chi connectivity index (χ1) is 9.11. The summed E-state index contributed by atoms with van der Waals surface area (Å²) in [6.07, 6.45) is 3.35. The number of hydrogen-bond acceptors (Lipinski definition) is 3. The summed E-state index contributed by atoms with van der Waals surface area (Å²) in [6.45, 7) is 13.4. The van der Waals surface area contributed by atoms with Crippen LogP contribution in [0.15, 0.2) is 0 Å². The van der Waals surface area contributed by atoms with Crippen molar-refractivity contribution in [1.29, 1.82) is 0 Å². The maximum Gasteiger partial charge on any atom is 0.230 e. The van der Waals surface area contributed by atoms with Gasteiger partial charge in [0, 0.05) is 31.7 Å². The number of amides is 1. The van der Waals surface area contributed by atoms with Crippen LogP contribution >= 0.6 is 0 Å². The van der Waals surface area contributed by atoms with Crippen LogP contribution in [-0.2, 0) is 4.79 Å². The van der Waals surface area contributed by atoms with Crippen LogP contribution in [0.3, 0.4) is 0 Å². The molecule has 0 aromatic heterocycles. The van der Waals surface area contributed by atoms with Crippen molar-refractivity contribution in [2.24, 2.45) is 11.1 Å². The summed E-state index contributed by atoms with van der Waals surface area (Å²) in [5.41, 5.74) is 5.14. The van der Waals surface area contributed by atoms with E-state index in [0.717, 1.165) is 25.9 Å². The van der Waals surface area contributed by atoms with E-state index < -0.39 is 11.0 Å². The van der Waals surface area contributed by atoms with Gasteiger partial charge in [-0.1, -0.05) is 6.92 Å². The van der Waals surface area contributed by atoms with Crippen LogP contribution in [-0.4, -0.2) is 54.0 Å². The van der Waals surface area contributed by atoms with Gasteiger partial charge in [0.2, 0.25) is 5.91 Å². The molecule has 4 nitrogen and oxygen atoms in total. The Balaban J connectivity index is 2.63. The predicted molar refractivity (Wildman–Crippen MR) is 84.6 cm³/mol. The summed E-state index contributed by atoms with van der Waals surface area (Å²) < 4.78 is 0. The van der Waals surface area contributed by atoms with Gasteiger partial charge in [0.05, 0.1) is 5.41 Å². The van der Waals surface area contributed by atoms with Gasteiger partial charge >= 0.3 is 0 Å². The molecule has 1 aliphatic heterocycles. The second kappa shape index (κ2) is 6.44. The van der Waals surface area contributed by atoms with Gasteiger partial charge in [0.15, 0.2) is 0 Å². The third-order valence-electron chi connectivity index (χ3n) is 5.11. The Kier molecular flexibility index (Phi) is 5.61. The number of carbonyl (C=O) groups is 1. The highest BCUT2D eigenvalue weighted by Crippen LogP contribution is 2.32. The Morgan fingerprint density at radius 1 is 1.25 bits per heavy atom. The van der Waals surface area contributed by atoms with Crippen molar-refractivity contribution < 1.29 is 4.79 Å². The van der Waals surface area contributed by atoms with Crippen molar-refractivity contribution in [2.75, 3.05) is 26.7 Å². The zero-order chi connectivity index (χ0) is 15.6. The molecule has 0 aromatic rings. The summed E-state index contributed by atoms with van der Waals surface area (Å²) in [4.78, 5) is 17.2. The average molecular weight is 283 g/mol. The molecule has 0 aliphatic carbocycles. The normalized spacial score (nSPS) is 19.1. The largest absolute Gasteiger partial charge is 0.342 e. The molecule has 0 saturated carbocycles. The van der Waals surface area contributed by atoms with E-state index >= 15 is 0 Å². The number of piperidine rings is 1. The van der Waals surface area contributed by atoms with E-state index in [9.17, 15) is 4.79 Å². The molecule has 1 heterocycles. The Morgan fingerprint density at radius 2 is 1.75 bits per heavy atom. The molecule has 0 unspecified atom stereocenters. The summed E-state index contributed by atoms with van der Waals surface area (Å²) in [5.74, 6) is 0.166. The average Bonchev–Trinajstić information content (AvgIpc) is 2.37. The molecule has 1 saturated heterocycles. The quantitative estimate of drug-likeness (QED) is 0.840. The Bertz CT molecular complexity index is 325. The molecular formula is C16H33N3O. The van der Waals surface area contributed by atoms with Crippen molar-refractivity contribution in [3.8, 4) is 0 Å². The number of carbonyl (C=O) groups excluding carboxylic acids is 1. The fourth-order valence-electron chi connectivity index (χ4n) is 2.73. The van der Waals surface area contributed by atoms with E-state index in [1.54, 1.807) is 0 Å². The molecule has 20 heavy (non-hydrogen) atoms. The molecule has 118 valence electrons. The lowest BCUT2D eigenvalue weighted by Gasteiger charge is -2.43. The number of likely N-dealkylation sites (tertiary alicyclic amines) is 1. The molecule has 0 radical (unpaired) electrons. The zero-order valence-electron chi connectivity index (χ0n) is 14.2. The summed E-state index contributed by atoms with van der Waals surface area (Å²) in [6, 6.07) is 0.359. The summed E-state index contributed by atoms with van der Waals surface area (Å²) in [5, 5.41) is 0. The minimum absolute atomic E-state index is 0.166. The van der Waals surface area contributed by atoms with E-state index in [2.05, 4.69) is 11.8 Å². The molecule has 4 heteroatoms. The topological polar surface area (TPSA) is 49.6 Å². The molecule has 1 aliphatic rings. The fourth-order valence-corrected chi connectivity index (χ4v) is 2.73. The highest BCUT2D eigenvalue weighted by molar-refractivity contribution is 5.83. The van der Waals surface area contributed by atoms with Crippen LogP contribution in [0.2, 0.25) is 0 Å². The van der Waals surface area contributed by atoms with Crippen LogP contribution in [0.5, 0.6) is 0 Å². The Hall–Kier alpha value is -0.610. The van der Waals surface area contributed by atoms with Crippen molar-refractivity contribution in [1.82, 2.24) is 9.80 Å². The molecular weight excluding hydrogens is 250 g/mol. The minimum atomic E-state index is -0.539. The summed E-state index contributed by atoms with van der Waals surface area (Å²) >= 11 is 0. The highest BCUT2D eigenvalue weighted by atomic mass is 16.2. The molecule has 2 N–H and O–H groups in total.